The number of benzene rings is 1. The number of aryl methyl sites for hydroxylation is 4. The molecule has 0 saturated heterocycles. The van der Waals surface area contributed by atoms with E-state index in [0.717, 1.165) is 35.0 Å². The summed E-state index contributed by atoms with van der Waals surface area (Å²) in [5, 5.41) is 5.08. The smallest absolute Gasteiger partial charge is 0.340 e. The van der Waals surface area contributed by atoms with Gasteiger partial charge in [-0.1, -0.05) is 26.0 Å². The molecule has 2 heterocycles. The Morgan fingerprint density at radius 1 is 1.15 bits per heavy atom. The van der Waals surface area contributed by atoms with Crippen LogP contribution in [0.5, 0.6) is 0 Å². The highest BCUT2D eigenvalue weighted by Crippen LogP contribution is 2.18. The minimum atomic E-state index is -0.564. The first kappa shape index (κ1) is 18.8. The Morgan fingerprint density at radius 2 is 1.93 bits per heavy atom. The van der Waals surface area contributed by atoms with Gasteiger partial charge in [-0.25, -0.2) is 9.78 Å². The van der Waals surface area contributed by atoms with Crippen LogP contribution in [0.2, 0.25) is 0 Å². The quantitative estimate of drug-likeness (QED) is 0.494. The maximum absolute atomic E-state index is 12.6. The van der Waals surface area contributed by atoms with Crippen LogP contribution in [0.25, 0.3) is 11.0 Å². The Balaban J connectivity index is 1.76. The van der Waals surface area contributed by atoms with E-state index in [9.17, 15) is 9.59 Å². The maximum atomic E-state index is 12.6. The number of esters is 1. The van der Waals surface area contributed by atoms with E-state index in [2.05, 4.69) is 10.1 Å². The summed E-state index contributed by atoms with van der Waals surface area (Å²) in [6.07, 6.45) is 3.05. The van der Waals surface area contributed by atoms with Crippen molar-refractivity contribution in [3.63, 3.8) is 0 Å². The number of fused-ring (bicyclic) bond motifs is 1. The van der Waals surface area contributed by atoms with Gasteiger partial charge in [0.15, 0.2) is 12.3 Å². The molecule has 0 aliphatic rings. The van der Waals surface area contributed by atoms with Gasteiger partial charge >= 0.3 is 5.97 Å². The Labute approximate surface area is 158 Å². The van der Waals surface area contributed by atoms with E-state index in [4.69, 9.17) is 4.74 Å². The van der Waals surface area contributed by atoms with Gasteiger partial charge in [0.25, 0.3) is 0 Å². The molecule has 0 N–H and O–H groups in total. The van der Waals surface area contributed by atoms with E-state index in [1.165, 1.54) is 6.20 Å². The number of carbonyl (C=O) groups is 2. The van der Waals surface area contributed by atoms with Crippen molar-refractivity contribution in [2.75, 3.05) is 6.61 Å². The Morgan fingerprint density at radius 3 is 2.63 bits per heavy atom. The monoisotopic (exact) mass is 365 g/mol. The molecule has 6 nitrogen and oxygen atoms in total. The molecular weight excluding hydrogens is 342 g/mol. The number of carbonyl (C=O) groups excluding carboxylic acids is 2. The van der Waals surface area contributed by atoms with Gasteiger partial charge in [-0.2, -0.15) is 5.10 Å². The van der Waals surface area contributed by atoms with Crippen LogP contribution in [-0.2, 0) is 24.6 Å². The van der Waals surface area contributed by atoms with Crippen LogP contribution in [0, 0.1) is 6.92 Å². The molecule has 0 bridgehead atoms. The highest BCUT2D eigenvalue weighted by molar-refractivity contribution is 6.01. The van der Waals surface area contributed by atoms with Crippen molar-refractivity contribution in [1.82, 2.24) is 14.8 Å². The highest BCUT2D eigenvalue weighted by atomic mass is 16.5. The summed E-state index contributed by atoms with van der Waals surface area (Å²) < 4.78 is 6.92. The molecule has 0 spiro atoms. The number of hydrogen-bond donors (Lipinski definition) is 0. The van der Waals surface area contributed by atoms with Gasteiger partial charge in [0.1, 0.15) is 0 Å². The first-order valence-electron chi connectivity index (χ1n) is 9.06. The molecule has 3 rings (SSSR count). The molecule has 0 unspecified atom stereocenters. The van der Waals surface area contributed by atoms with Crippen LogP contribution >= 0.6 is 0 Å². The van der Waals surface area contributed by atoms with Crippen molar-refractivity contribution in [2.24, 2.45) is 7.05 Å². The summed E-state index contributed by atoms with van der Waals surface area (Å²) >= 11 is 0. The Kier molecular flexibility index (Phi) is 5.35. The van der Waals surface area contributed by atoms with E-state index in [1.807, 2.05) is 39.0 Å². The van der Waals surface area contributed by atoms with Crippen LogP contribution in [-0.4, -0.2) is 33.1 Å². The third kappa shape index (κ3) is 3.74. The highest BCUT2D eigenvalue weighted by Gasteiger charge is 2.17. The van der Waals surface area contributed by atoms with Gasteiger partial charge in [0, 0.05) is 24.2 Å². The van der Waals surface area contributed by atoms with Gasteiger partial charge in [-0.05, 0) is 43.0 Å². The Bertz CT molecular complexity index is 1020. The summed E-state index contributed by atoms with van der Waals surface area (Å²) in [5.74, 6) is -0.757. The van der Waals surface area contributed by atoms with Gasteiger partial charge in [-0.15, -0.1) is 0 Å². The molecule has 2 aromatic heterocycles. The standard InChI is InChI=1S/C21H23N3O3/c1-5-14-7-8-15(6-2)18(9-14)19(25)12-27-21(26)16-10-17-13(3)23-24(4)20(17)22-11-16/h7-11H,5-6,12H2,1-4H3. The van der Waals surface area contributed by atoms with Crippen LogP contribution in [0.1, 0.15) is 51.4 Å². The number of rotatable bonds is 6. The number of nitrogens with zero attached hydrogens (tertiary/aromatic N) is 3. The van der Waals surface area contributed by atoms with Gasteiger partial charge in [0.05, 0.1) is 11.3 Å². The van der Waals surface area contributed by atoms with Crippen LogP contribution < -0.4 is 0 Å². The van der Waals surface area contributed by atoms with E-state index >= 15 is 0 Å². The second kappa shape index (κ2) is 7.70. The number of hydrogen-bond acceptors (Lipinski definition) is 5. The molecule has 0 radical (unpaired) electrons. The second-order valence-electron chi connectivity index (χ2n) is 6.50. The zero-order chi connectivity index (χ0) is 19.6. The average Bonchev–Trinajstić information content (AvgIpc) is 2.98. The fraction of sp³-hybridized carbons (Fsp3) is 0.333. The molecule has 0 aliphatic carbocycles. The van der Waals surface area contributed by atoms with Crippen molar-refractivity contribution in [1.29, 1.82) is 0 Å². The topological polar surface area (TPSA) is 74.1 Å². The summed E-state index contributed by atoms with van der Waals surface area (Å²) in [6, 6.07) is 7.59. The number of ketones is 1. The Hall–Kier alpha value is -3.02. The molecule has 0 aliphatic heterocycles. The van der Waals surface area contributed by atoms with Crippen LogP contribution in [0.3, 0.4) is 0 Å². The summed E-state index contributed by atoms with van der Waals surface area (Å²) in [6.45, 7) is 5.61. The molecule has 27 heavy (non-hydrogen) atoms. The lowest BCUT2D eigenvalue weighted by atomic mass is 9.98. The van der Waals surface area contributed by atoms with E-state index in [0.29, 0.717) is 16.8 Å². The average molecular weight is 365 g/mol. The molecule has 3 aromatic rings. The minimum Gasteiger partial charge on any atom is -0.454 e. The number of aromatic nitrogens is 3. The first-order valence-corrected chi connectivity index (χ1v) is 9.06. The molecule has 0 amide bonds. The predicted octanol–water partition coefficient (Wildman–Crippen LogP) is 3.44. The van der Waals surface area contributed by atoms with Crippen molar-refractivity contribution in [3.05, 3.63) is 58.4 Å². The molecule has 1 aromatic carbocycles. The molecule has 0 atom stereocenters. The second-order valence-corrected chi connectivity index (χ2v) is 6.50. The van der Waals surface area contributed by atoms with E-state index < -0.39 is 5.97 Å². The third-order valence-corrected chi connectivity index (χ3v) is 4.70. The summed E-state index contributed by atoms with van der Waals surface area (Å²) in [4.78, 5) is 29.2. The number of ether oxygens (including phenoxy) is 1. The van der Waals surface area contributed by atoms with E-state index in [1.54, 1.807) is 17.8 Å². The van der Waals surface area contributed by atoms with Crippen molar-refractivity contribution in [2.45, 2.75) is 33.6 Å². The molecule has 140 valence electrons. The van der Waals surface area contributed by atoms with E-state index in [-0.39, 0.29) is 12.4 Å². The SMILES string of the molecule is CCc1ccc(CC)c(C(=O)COC(=O)c2cnc3c(c2)c(C)nn3C)c1. The summed E-state index contributed by atoms with van der Waals surface area (Å²) in [7, 11) is 1.80. The molecule has 0 saturated carbocycles. The maximum Gasteiger partial charge on any atom is 0.340 e. The third-order valence-electron chi connectivity index (χ3n) is 4.70. The molecular formula is C21H23N3O3. The van der Waals surface area contributed by atoms with Crippen LogP contribution in [0.15, 0.2) is 30.5 Å². The lowest BCUT2D eigenvalue weighted by Gasteiger charge is -2.10. The molecule has 0 fully saturated rings. The van der Waals surface area contributed by atoms with Crippen molar-refractivity contribution >= 4 is 22.8 Å². The largest absolute Gasteiger partial charge is 0.454 e. The van der Waals surface area contributed by atoms with Crippen LogP contribution in [0.4, 0.5) is 0 Å². The zero-order valence-corrected chi connectivity index (χ0v) is 16.1. The minimum absolute atomic E-state index is 0.193. The number of Topliss-reactive ketones (excluding diaryl/α,β-unsaturated/α-hetero) is 1. The van der Waals surface area contributed by atoms with Crippen molar-refractivity contribution < 1.29 is 14.3 Å². The predicted molar refractivity (Wildman–Crippen MR) is 103 cm³/mol. The normalized spacial score (nSPS) is 11.0. The summed E-state index contributed by atoms with van der Waals surface area (Å²) in [5.41, 5.74) is 4.47. The molecule has 6 heteroatoms. The number of pyridine rings is 1. The zero-order valence-electron chi connectivity index (χ0n) is 16.1. The fourth-order valence-electron chi connectivity index (χ4n) is 3.12. The first-order chi connectivity index (χ1) is 12.9. The lowest BCUT2D eigenvalue weighted by molar-refractivity contribution is 0.0474. The van der Waals surface area contributed by atoms with Gasteiger partial charge in [-0.3, -0.25) is 9.48 Å². The van der Waals surface area contributed by atoms with Gasteiger partial charge in [0.2, 0.25) is 5.78 Å². The van der Waals surface area contributed by atoms with Crippen molar-refractivity contribution in [3.8, 4) is 0 Å². The fourth-order valence-corrected chi connectivity index (χ4v) is 3.12. The lowest BCUT2D eigenvalue weighted by Crippen LogP contribution is -2.16. The van der Waals surface area contributed by atoms with Gasteiger partial charge < -0.3 is 4.74 Å².